The zero-order chi connectivity index (χ0) is 12.4. The Morgan fingerprint density at radius 1 is 1.53 bits per heavy atom. The molecule has 17 heavy (non-hydrogen) atoms. The lowest BCUT2D eigenvalue weighted by atomic mass is 10.1. The Bertz CT molecular complexity index is 427. The van der Waals surface area contributed by atoms with E-state index < -0.39 is 0 Å². The maximum atomic E-state index is 12.4. The van der Waals surface area contributed by atoms with Crippen molar-refractivity contribution in [1.29, 1.82) is 0 Å². The maximum Gasteiger partial charge on any atom is 0.255 e. The fourth-order valence-electron chi connectivity index (χ4n) is 1.91. The molecule has 0 bridgehead atoms. The van der Waals surface area contributed by atoms with Crippen LogP contribution in [-0.2, 0) is 0 Å². The summed E-state index contributed by atoms with van der Waals surface area (Å²) in [6.45, 7) is 5.11. The van der Waals surface area contributed by atoms with Crippen LogP contribution < -0.4 is 0 Å². The van der Waals surface area contributed by atoms with Crippen LogP contribution in [0.2, 0.25) is 0 Å². The second-order valence-corrected chi connectivity index (χ2v) is 6.61. The van der Waals surface area contributed by atoms with E-state index in [9.17, 15) is 4.79 Å². The van der Waals surface area contributed by atoms with Gasteiger partial charge in [-0.3, -0.25) is 9.78 Å². The van der Waals surface area contributed by atoms with E-state index in [-0.39, 0.29) is 11.9 Å². The van der Waals surface area contributed by atoms with E-state index in [2.05, 4.69) is 34.8 Å². The van der Waals surface area contributed by atoms with Crippen LogP contribution in [0, 0.1) is 0 Å². The van der Waals surface area contributed by atoms with Crippen LogP contribution in [0.3, 0.4) is 0 Å². The van der Waals surface area contributed by atoms with E-state index >= 15 is 0 Å². The number of halogens is 1. The number of hydrogen-bond donors (Lipinski definition) is 0. The monoisotopic (exact) mass is 314 g/mol. The molecule has 0 N–H and O–H groups in total. The second-order valence-electron chi connectivity index (χ2n) is 4.21. The Morgan fingerprint density at radius 2 is 2.29 bits per heavy atom. The summed E-state index contributed by atoms with van der Waals surface area (Å²) in [4.78, 5) is 18.4. The average Bonchev–Trinajstić information content (AvgIpc) is 2.32. The molecule has 5 heteroatoms. The Balaban J connectivity index is 2.19. The van der Waals surface area contributed by atoms with Crippen LogP contribution in [0.25, 0.3) is 0 Å². The first-order valence-corrected chi connectivity index (χ1v) is 7.47. The molecule has 2 heterocycles. The molecule has 0 saturated carbocycles. The highest BCUT2D eigenvalue weighted by molar-refractivity contribution is 9.10. The van der Waals surface area contributed by atoms with Crippen LogP contribution in [0.5, 0.6) is 0 Å². The molecule has 0 radical (unpaired) electrons. The summed E-state index contributed by atoms with van der Waals surface area (Å²) in [6.07, 6.45) is 3.32. The number of rotatable bonds is 1. The van der Waals surface area contributed by atoms with Crippen molar-refractivity contribution in [3.8, 4) is 0 Å². The second kappa shape index (κ2) is 5.40. The van der Waals surface area contributed by atoms with Gasteiger partial charge < -0.3 is 4.90 Å². The van der Waals surface area contributed by atoms with Crippen molar-refractivity contribution in [2.45, 2.75) is 25.1 Å². The Labute approximate surface area is 114 Å². The summed E-state index contributed by atoms with van der Waals surface area (Å²) in [6, 6.07) is 2.11. The smallest absolute Gasteiger partial charge is 0.255 e. The topological polar surface area (TPSA) is 33.2 Å². The van der Waals surface area contributed by atoms with Gasteiger partial charge in [0.2, 0.25) is 0 Å². The van der Waals surface area contributed by atoms with Gasteiger partial charge in [-0.25, -0.2) is 0 Å². The van der Waals surface area contributed by atoms with Gasteiger partial charge in [0.05, 0.1) is 5.56 Å². The zero-order valence-electron chi connectivity index (χ0n) is 9.89. The molecule has 1 aromatic rings. The number of pyridine rings is 1. The summed E-state index contributed by atoms with van der Waals surface area (Å²) in [5.74, 6) is 1.09. The third-order valence-electron chi connectivity index (χ3n) is 3.10. The summed E-state index contributed by atoms with van der Waals surface area (Å²) < 4.78 is 0.843. The maximum absolute atomic E-state index is 12.4. The van der Waals surface area contributed by atoms with Gasteiger partial charge in [-0.1, -0.05) is 6.92 Å². The van der Waals surface area contributed by atoms with Crippen molar-refractivity contribution >= 4 is 33.6 Å². The SMILES string of the molecule is CC1SCCN(C(=O)c2cncc(Br)c2)C1C. The highest BCUT2D eigenvalue weighted by Crippen LogP contribution is 2.25. The molecule has 1 aliphatic heterocycles. The third kappa shape index (κ3) is 2.83. The largest absolute Gasteiger partial charge is 0.334 e. The van der Waals surface area contributed by atoms with Gasteiger partial charge in [0.1, 0.15) is 0 Å². The molecule has 2 rings (SSSR count). The Hall–Kier alpha value is -0.550. The minimum absolute atomic E-state index is 0.0819. The normalized spacial score (nSPS) is 24.8. The lowest BCUT2D eigenvalue weighted by Gasteiger charge is -2.37. The predicted octanol–water partition coefficient (Wildman–Crippen LogP) is 2.81. The van der Waals surface area contributed by atoms with Crippen molar-refractivity contribution in [2.75, 3.05) is 12.3 Å². The van der Waals surface area contributed by atoms with E-state index in [0.717, 1.165) is 16.8 Å². The van der Waals surface area contributed by atoms with Crippen molar-refractivity contribution in [3.63, 3.8) is 0 Å². The molecular formula is C12H15BrN2OS. The van der Waals surface area contributed by atoms with Crippen molar-refractivity contribution in [2.24, 2.45) is 0 Å². The number of carbonyl (C=O) groups excluding carboxylic acids is 1. The fourth-order valence-corrected chi connectivity index (χ4v) is 3.38. The van der Waals surface area contributed by atoms with E-state index in [4.69, 9.17) is 0 Å². The third-order valence-corrected chi connectivity index (χ3v) is 4.87. The minimum Gasteiger partial charge on any atom is -0.334 e. The van der Waals surface area contributed by atoms with Crippen molar-refractivity contribution in [1.82, 2.24) is 9.88 Å². The van der Waals surface area contributed by atoms with Gasteiger partial charge in [0.25, 0.3) is 5.91 Å². The summed E-state index contributed by atoms with van der Waals surface area (Å²) in [5, 5.41) is 0.493. The molecule has 2 atom stereocenters. The Morgan fingerprint density at radius 3 is 3.00 bits per heavy atom. The molecule has 1 saturated heterocycles. The zero-order valence-corrected chi connectivity index (χ0v) is 12.3. The summed E-state index contributed by atoms with van der Waals surface area (Å²) in [7, 11) is 0. The molecular weight excluding hydrogens is 300 g/mol. The number of nitrogens with zero attached hydrogens (tertiary/aromatic N) is 2. The van der Waals surface area contributed by atoms with Crippen LogP contribution >= 0.6 is 27.7 Å². The molecule has 92 valence electrons. The fraction of sp³-hybridized carbons (Fsp3) is 0.500. The van der Waals surface area contributed by atoms with E-state index in [0.29, 0.717) is 10.8 Å². The number of aromatic nitrogens is 1. The van der Waals surface area contributed by atoms with E-state index in [1.54, 1.807) is 12.4 Å². The molecule has 1 fully saturated rings. The lowest BCUT2D eigenvalue weighted by Crippen LogP contribution is -2.47. The lowest BCUT2D eigenvalue weighted by molar-refractivity contribution is 0.0697. The van der Waals surface area contributed by atoms with Gasteiger partial charge >= 0.3 is 0 Å². The highest BCUT2D eigenvalue weighted by Gasteiger charge is 2.29. The number of thioether (sulfide) groups is 1. The van der Waals surface area contributed by atoms with E-state index in [1.807, 2.05) is 22.7 Å². The van der Waals surface area contributed by atoms with Crippen LogP contribution in [-0.4, -0.2) is 39.4 Å². The molecule has 1 aliphatic rings. The molecule has 1 aromatic heterocycles. The predicted molar refractivity (Wildman–Crippen MR) is 74.4 cm³/mol. The number of carbonyl (C=O) groups is 1. The van der Waals surface area contributed by atoms with Gasteiger partial charge in [-0.05, 0) is 28.9 Å². The summed E-state index contributed by atoms with van der Waals surface area (Å²) in [5.41, 5.74) is 0.658. The molecule has 2 unspecified atom stereocenters. The molecule has 0 spiro atoms. The molecule has 3 nitrogen and oxygen atoms in total. The first-order chi connectivity index (χ1) is 8.09. The van der Waals surface area contributed by atoms with Gasteiger partial charge in [-0.2, -0.15) is 11.8 Å². The summed E-state index contributed by atoms with van der Waals surface area (Å²) >= 11 is 5.27. The van der Waals surface area contributed by atoms with Gasteiger partial charge in [0.15, 0.2) is 0 Å². The molecule has 0 aromatic carbocycles. The standard InChI is InChI=1S/C12H15BrN2OS/c1-8-9(2)17-4-3-15(8)12(16)10-5-11(13)7-14-6-10/h5-9H,3-4H2,1-2H3. The number of amides is 1. The van der Waals surface area contributed by atoms with Crippen LogP contribution in [0.1, 0.15) is 24.2 Å². The van der Waals surface area contributed by atoms with Crippen molar-refractivity contribution in [3.05, 3.63) is 28.5 Å². The molecule has 0 aliphatic carbocycles. The quantitative estimate of drug-likeness (QED) is 0.799. The average molecular weight is 315 g/mol. The van der Waals surface area contributed by atoms with Crippen LogP contribution in [0.4, 0.5) is 0 Å². The first-order valence-electron chi connectivity index (χ1n) is 5.62. The molecule has 1 amide bonds. The minimum atomic E-state index is 0.0819. The van der Waals surface area contributed by atoms with Gasteiger partial charge in [0, 0.05) is 40.5 Å². The van der Waals surface area contributed by atoms with E-state index in [1.165, 1.54) is 0 Å². The Kier molecular flexibility index (Phi) is 4.09. The highest BCUT2D eigenvalue weighted by atomic mass is 79.9. The van der Waals surface area contributed by atoms with Crippen LogP contribution in [0.15, 0.2) is 22.9 Å². The van der Waals surface area contributed by atoms with Crippen molar-refractivity contribution < 1.29 is 4.79 Å². The number of hydrogen-bond acceptors (Lipinski definition) is 3. The van der Waals surface area contributed by atoms with Gasteiger partial charge in [-0.15, -0.1) is 0 Å². The first kappa shape index (κ1) is 12.9.